The fourth-order valence-electron chi connectivity index (χ4n) is 0.851. The molecule has 76 valence electrons. The van der Waals surface area contributed by atoms with Crippen molar-refractivity contribution < 1.29 is 9.59 Å². The molecule has 0 bridgehead atoms. The van der Waals surface area contributed by atoms with E-state index in [4.69, 9.17) is 11.5 Å². The van der Waals surface area contributed by atoms with Crippen molar-refractivity contribution in [2.24, 2.45) is 17.4 Å². The first-order valence-electron chi connectivity index (χ1n) is 4.21. The number of hydrogen-bond donors (Lipinski definition) is 3. The Balaban J connectivity index is 4.27. The Bertz CT molecular complexity index is 202. The van der Waals surface area contributed by atoms with Crippen molar-refractivity contribution in [1.29, 1.82) is 0 Å². The highest BCUT2D eigenvalue weighted by atomic mass is 16.2. The summed E-state index contributed by atoms with van der Waals surface area (Å²) >= 11 is 0. The summed E-state index contributed by atoms with van der Waals surface area (Å²) < 4.78 is 0. The predicted molar refractivity (Wildman–Crippen MR) is 49.6 cm³/mol. The third-order valence-corrected chi connectivity index (χ3v) is 1.68. The van der Waals surface area contributed by atoms with Crippen LogP contribution >= 0.6 is 0 Å². The molecule has 0 radical (unpaired) electrons. The first-order valence-corrected chi connectivity index (χ1v) is 4.21. The molecule has 0 saturated carbocycles. The molecule has 0 aromatic heterocycles. The van der Waals surface area contributed by atoms with E-state index in [9.17, 15) is 9.59 Å². The van der Waals surface area contributed by atoms with Gasteiger partial charge in [-0.3, -0.25) is 9.59 Å². The fraction of sp³-hybridized carbons (Fsp3) is 0.750. The third-order valence-electron chi connectivity index (χ3n) is 1.68. The van der Waals surface area contributed by atoms with Gasteiger partial charge in [0.2, 0.25) is 11.8 Å². The van der Waals surface area contributed by atoms with Gasteiger partial charge in [-0.1, -0.05) is 13.8 Å². The van der Waals surface area contributed by atoms with E-state index >= 15 is 0 Å². The summed E-state index contributed by atoms with van der Waals surface area (Å²) in [5, 5.41) is 2.48. The molecule has 5 N–H and O–H groups in total. The Hall–Kier alpha value is -1.10. The topological polar surface area (TPSA) is 98.2 Å². The molecule has 2 amide bonds. The second-order valence-corrected chi connectivity index (χ2v) is 3.42. The minimum atomic E-state index is -0.640. The summed E-state index contributed by atoms with van der Waals surface area (Å²) in [6.45, 7) is 5.15. The number of carbonyl (C=O) groups excluding carboxylic acids is 2. The van der Waals surface area contributed by atoms with E-state index in [2.05, 4.69) is 5.32 Å². The van der Waals surface area contributed by atoms with Crippen molar-refractivity contribution >= 4 is 11.8 Å². The molecule has 0 aliphatic carbocycles. The Morgan fingerprint density at radius 2 is 1.69 bits per heavy atom. The van der Waals surface area contributed by atoms with Crippen LogP contribution in [0.5, 0.6) is 0 Å². The highest BCUT2D eigenvalue weighted by Gasteiger charge is 2.22. The Morgan fingerprint density at radius 1 is 1.23 bits per heavy atom. The quantitative estimate of drug-likeness (QED) is 0.524. The minimum absolute atomic E-state index is 0.0276. The van der Waals surface area contributed by atoms with Gasteiger partial charge in [0.25, 0.3) is 0 Å². The highest BCUT2D eigenvalue weighted by molar-refractivity contribution is 5.88. The van der Waals surface area contributed by atoms with Crippen molar-refractivity contribution in [2.75, 3.05) is 0 Å². The number of rotatable bonds is 4. The molecular weight excluding hydrogens is 170 g/mol. The van der Waals surface area contributed by atoms with Gasteiger partial charge >= 0.3 is 0 Å². The molecule has 0 aromatic carbocycles. The van der Waals surface area contributed by atoms with Crippen LogP contribution in [0.2, 0.25) is 0 Å². The van der Waals surface area contributed by atoms with Gasteiger partial charge in [0.15, 0.2) is 0 Å². The van der Waals surface area contributed by atoms with E-state index in [-0.39, 0.29) is 11.8 Å². The van der Waals surface area contributed by atoms with Crippen LogP contribution in [0.3, 0.4) is 0 Å². The van der Waals surface area contributed by atoms with Gasteiger partial charge in [-0.05, 0) is 12.8 Å². The van der Waals surface area contributed by atoms with Crippen molar-refractivity contribution in [2.45, 2.75) is 32.9 Å². The van der Waals surface area contributed by atoms with Crippen LogP contribution in [0.4, 0.5) is 0 Å². The average molecular weight is 187 g/mol. The normalized spacial score (nSPS) is 15.2. The lowest BCUT2D eigenvalue weighted by atomic mass is 10.0. The number of hydrogen-bond acceptors (Lipinski definition) is 3. The molecule has 0 aliphatic heterocycles. The molecule has 5 nitrogen and oxygen atoms in total. The van der Waals surface area contributed by atoms with Gasteiger partial charge in [-0.25, -0.2) is 0 Å². The van der Waals surface area contributed by atoms with Gasteiger partial charge in [0.1, 0.15) is 6.04 Å². The predicted octanol–water partition coefficient (Wildman–Crippen LogP) is -1.04. The van der Waals surface area contributed by atoms with Gasteiger partial charge in [0, 0.05) is 0 Å². The van der Waals surface area contributed by atoms with Crippen molar-refractivity contribution in [3.63, 3.8) is 0 Å². The number of nitrogens with two attached hydrogens (primary N) is 2. The molecule has 0 saturated heterocycles. The summed E-state index contributed by atoms with van der Waals surface area (Å²) in [6, 6.07) is -1.26. The minimum Gasteiger partial charge on any atom is -0.368 e. The Morgan fingerprint density at radius 3 is 1.92 bits per heavy atom. The van der Waals surface area contributed by atoms with Crippen molar-refractivity contribution in [3.05, 3.63) is 0 Å². The van der Waals surface area contributed by atoms with Crippen LogP contribution in [0.15, 0.2) is 0 Å². The molecule has 5 heteroatoms. The van der Waals surface area contributed by atoms with Crippen LogP contribution in [0, 0.1) is 5.92 Å². The Kier molecular flexibility index (Phi) is 4.40. The zero-order chi connectivity index (χ0) is 10.6. The summed E-state index contributed by atoms with van der Waals surface area (Å²) in [5.74, 6) is -0.929. The maximum absolute atomic E-state index is 11.1. The number of carbonyl (C=O) groups is 2. The van der Waals surface area contributed by atoms with E-state index in [1.54, 1.807) is 20.8 Å². The van der Waals surface area contributed by atoms with Gasteiger partial charge in [0.05, 0.1) is 6.04 Å². The molecule has 0 unspecified atom stereocenters. The number of amides is 2. The lowest BCUT2D eigenvalue weighted by Gasteiger charge is -2.19. The molecular formula is C8H17N3O2. The molecule has 0 fully saturated rings. The van der Waals surface area contributed by atoms with Crippen molar-refractivity contribution in [1.82, 2.24) is 5.32 Å². The first-order chi connectivity index (χ1) is 5.86. The fourth-order valence-corrected chi connectivity index (χ4v) is 0.851. The molecule has 0 aliphatic rings. The molecule has 0 heterocycles. The summed E-state index contributed by atoms with van der Waals surface area (Å²) in [5.41, 5.74) is 10.4. The van der Waals surface area contributed by atoms with Crippen LogP contribution in [0.25, 0.3) is 0 Å². The molecule has 0 aromatic rings. The van der Waals surface area contributed by atoms with E-state index in [1.165, 1.54) is 0 Å². The molecule has 0 spiro atoms. The zero-order valence-corrected chi connectivity index (χ0v) is 8.20. The summed E-state index contributed by atoms with van der Waals surface area (Å²) in [7, 11) is 0. The van der Waals surface area contributed by atoms with Crippen LogP contribution in [-0.2, 0) is 9.59 Å². The van der Waals surface area contributed by atoms with Gasteiger partial charge in [-0.2, -0.15) is 0 Å². The van der Waals surface area contributed by atoms with Crippen LogP contribution < -0.4 is 16.8 Å². The molecule has 13 heavy (non-hydrogen) atoms. The largest absolute Gasteiger partial charge is 0.368 e. The molecule has 2 atom stereocenters. The second kappa shape index (κ2) is 4.81. The van der Waals surface area contributed by atoms with E-state index in [1.807, 2.05) is 0 Å². The smallest absolute Gasteiger partial charge is 0.240 e. The first kappa shape index (κ1) is 11.9. The van der Waals surface area contributed by atoms with Crippen LogP contribution in [-0.4, -0.2) is 23.9 Å². The van der Waals surface area contributed by atoms with E-state index < -0.39 is 18.0 Å². The van der Waals surface area contributed by atoms with Gasteiger partial charge < -0.3 is 16.8 Å². The van der Waals surface area contributed by atoms with Gasteiger partial charge in [-0.15, -0.1) is 0 Å². The van der Waals surface area contributed by atoms with E-state index in [0.717, 1.165) is 0 Å². The second-order valence-electron chi connectivity index (χ2n) is 3.42. The zero-order valence-electron chi connectivity index (χ0n) is 8.20. The lowest BCUT2D eigenvalue weighted by Crippen LogP contribution is -2.51. The number of nitrogens with one attached hydrogen (secondary N) is 1. The highest BCUT2D eigenvalue weighted by Crippen LogP contribution is 2.00. The molecule has 0 rings (SSSR count). The van der Waals surface area contributed by atoms with Crippen molar-refractivity contribution in [3.8, 4) is 0 Å². The standard InChI is InChI=1S/C8H17N3O2/c1-4(2)6(7(10)12)11-8(13)5(3)9/h4-6H,9H2,1-3H3,(H2,10,12)(H,11,13)/t5-,6-/m1/s1. The average Bonchev–Trinajstić information content (AvgIpc) is 1.97. The summed E-state index contributed by atoms with van der Waals surface area (Å²) in [6.07, 6.45) is 0. The summed E-state index contributed by atoms with van der Waals surface area (Å²) in [4.78, 5) is 22.0. The SMILES string of the molecule is CC(C)[C@@H](NC(=O)[C@@H](C)N)C(N)=O. The third kappa shape index (κ3) is 3.89. The van der Waals surface area contributed by atoms with E-state index in [0.29, 0.717) is 0 Å². The Labute approximate surface area is 77.8 Å². The monoisotopic (exact) mass is 187 g/mol. The number of primary amides is 1. The maximum Gasteiger partial charge on any atom is 0.240 e. The lowest BCUT2D eigenvalue weighted by molar-refractivity contribution is -0.128. The van der Waals surface area contributed by atoms with Crippen LogP contribution in [0.1, 0.15) is 20.8 Å². The maximum atomic E-state index is 11.1.